The summed E-state index contributed by atoms with van der Waals surface area (Å²) in [6, 6.07) is 0.195. The van der Waals surface area contributed by atoms with Crippen LogP contribution in [0.15, 0.2) is 0 Å². The first-order valence-corrected chi connectivity index (χ1v) is 9.64. The van der Waals surface area contributed by atoms with E-state index in [4.69, 9.17) is 16.3 Å². The highest BCUT2D eigenvalue weighted by molar-refractivity contribution is 6.28. The van der Waals surface area contributed by atoms with Crippen LogP contribution in [-0.4, -0.2) is 68.3 Å². The number of amides is 2. The Balaban J connectivity index is 1.49. The van der Waals surface area contributed by atoms with Gasteiger partial charge in [0.15, 0.2) is 0 Å². The Labute approximate surface area is 158 Å². The summed E-state index contributed by atoms with van der Waals surface area (Å²) >= 11 is 5.66. The van der Waals surface area contributed by atoms with E-state index in [1.165, 1.54) is 0 Å². The van der Waals surface area contributed by atoms with E-state index in [0.717, 1.165) is 12.8 Å². The van der Waals surface area contributed by atoms with Gasteiger partial charge in [-0.15, -0.1) is 5.10 Å². The van der Waals surface area contributed by atoms with Gasteiger partial charge in [-0.2, -0.15) is 0 Å². The molecule has 26 heavy (non-hydrogen) atoms. The number of rotatable bonds is 6. The minimum absolute atomic E-state index is 0.0768. The Morgan fingerprint density at radius 2 is 2.15 bits per heavy atom. The molecule has 2 saturated heterocycles. The number of aromatic nitrogens is 3. The average Bonchev–Trinajstić information content (AvgIpc) is 3.17. The lowest BCUT2D eigenvalue weighted by molar-refractivity contribution is -0.134. The maximum atomic E-state index is 12.4. The van der Waals surface area contributed by atoms with E-state index in [0.29, 0.717) is 51.1 Å². The third kappa shape index (κ3) is 4.11. The van der Waals surface area contributed by atoms with Gasteiger partial charge >= 0.3 is 6.09 Å². The van der Waals surface area contributed by atoms with Crippen LogP contribution in [0.3, 0.4) is 0 Å². The Bertz CT molecular complexity index is 657. The number of halogens is 1. The second-order valence-electron chi connectivity index (χ2n) is 7.25. The highest BCUT2D eigenvalue weighted by Gasteiger charge is 2.48. The van der Waals surface area contributed by atoms with Crippen molar-refractivity contribution in [2.45, 2.75) is 64.0 Å². The number of carbonyl (C=O) groups excluding carboxylic acids is 2. The molecule has 0 radical (unpaired) electrons. The molecule has 8 nitrogen and oxygen atoms in total. The molecule has 1 N–H and O–H groups in total. The molecule has 144 valence electrons. The maximum Gasteiger partial charge on any atom is 0.410 e. The molecule has 2 aliphatic heterocycles. The summed E-state index contributed by atoms with van der Waals surface area (Å²) in [5.74, 6) is 0.690. The fraction of sp³-hybridized carbons (Fsp3) is 0.765. The Kier molecular flexibility index (Phi) is 5.70. The first kappa shape index (κ1) is 18.9. The van der Waals surface area contributed by atoms with Crippen LogP contribution in [0.1, 0.15) is 51.8 Å². The van der Waals surface area contributed by atoms with Gasteiger partial charge in [-0.05, 0) is 24.9 Å². The summed E-state index contributed by atoms with van der Waals surface area (Å²) < 4.78 is 5.74. The van der Waals surface area contributed by atoms with Gasteiger partial charge in [0.25, 0.3) is 0 Å². The fourth-order valence-electron chi connectivity index (χ4n) is 3.75. The maximum absolute atomic E-state index is 12.4. The monoisotopic (exact) mass is 383 g/mol. The van der Waals surface area contributed by atoms with Crippen molar-refractivity contribution in [2.24, 2.45) is 0 Å². The zero-order valence-corrected chi connectivity index (χ0v) is 16.1. The number of nitrogens with one attached hydrogen (secondary N) is 1. The molecule has 2 amide bonds. The summed E-state index contributed by atoms with van der Waals surface area (Å²) in [6.07, 6.45) is 4.02. The van der Waals surface area contributed by atoms with Crippen molar-refractivity contribution in [1.29, 1.82) is 0 Å². The molecule has 1 spiro atoms. The van der Waals surface area contributed by atoms with Gasteiger partial charge in [-0.1, -0.05) is 13.3 Å². The van der Waals surface area contributed by atoms with E-state index in [9.17, 15) is 9.59 Å². The zero-order valence-electron chi connectivity index (χ0n) is 15.3. The number of hydrogen-bond donors (Lipinski definition) is 1. The second kappa shape index (κ2) is 7.82. The number of carbonyl (C=O) groups is 2. The van der Waals surface area contributed by atoms with Gasteiger partial charge in [0.1, 0.15) is 11.4 Å². The number of ether oxygens (including phenoxy) is 1. The van der Waals surface area contributed by atoms with E-state index >= 15 is 0 Å². The number of likely N-dealkylation sites (tertiary alicyclic amines) is 1. The number of aryl methyl sites for hydroxylation is 1. The van der Waals surface area contributed by atoms with Crippen molar-refractivity contribution < 1.29 is 14.3 Å². The second-order valence-corrected chi connectivity index (χ2v) is 7.59. The third-order valence-electron chi connectivity index (χ3n) is 5.34. The molecule has 0 unspecified atom stereocenters. The number of hydrogen-bond acceptors (Lipinski definition) is 5. The van der Waals surface area contributed by atoms with Gasteiger partial charge in [-0.25, -0.2) is 9.78 Å². The molecule has 2 fully saturated rings. The summed E-state index contributed by atoms with van der Waals surface area (Å²) in [6.45, 7) is 6.03. The van der Waals surface area contributed by atoms with Crippen molar-refractivity contribution >= 4 is 23.6 Å². The van der Waals surface area contributed by atoms with E-state index < -0.39 is 5.60 Å². The lowest BCUT2D eigenvalue weighted by Gasteiger charge is -2.37. The van der Waals surface area contributed by atoms with E-state index in [-0.39, 0.29) is 23.3 Å². The summed E-state index contributed by atoms with van der Waals surface area (Å²) in [7, 11) is 0. The number of nitrogens with zero attached hydrogens (tertiary/aromatic N) is 4. The van der Waals surface area contributed by atoms with Crippen LogP contribution in [0.25, 0.3) is 0 Å². The Hall–Kier alpha value is -1.83. The van der Waals surface area contributed by atoms with Gasteiger partial charge < -0.3 is 14.5 Å². The van der Waals surface area contributed by atoms with Crippen molar-refractivity contribution in [3.05, 3.63) is 11.1 Å². The molecule has 0 bridgehead atoms. The third-order valence-corrected chi connectivity index (χ3v) is 5.51. The molecule has 1 atom stereocenters. The number of H-pyrrole nitrogens is 1. The lowest BCUT2D eigenvalue weighted by Crippen LogP contribution is -2.49. The summed E-state index contributed by atoms with van der Waals surface area (Å²) in [4.78, 5) is 32.3. The molecule has 1 aromatic rings. The molecule has 2 aliphatic rings. The minimum Gasteiger partial charge on any atom is -0.441 e. The lowest BCUT2D eigenvalue weighted by atomic mass is 9.90. The van der Waals surface area contributed by atoms with E-state index in [1.54, 1.807) is 0 Å². The highest BCUT2D eigenvalue weighted by atomic mass is 35.5. The smallest absolute Gasteiger partial charge is 0.410 e. The first-order chi connectivity index (χ1) is 12.4. The molecular formula is C17H26ClN5O3. The highest BCUT2D eigenvalue weighted by Crippen LogP contribution is 2.34. The van der Waals surface area contributed by atoms with Gasteiger partial charge in [-0.3, -0.25) is 9.89 Å². The molecule has 9 heteroatoms. The first-order valence-electron chi connectivity index (χ1n) is 9.26. The van der Waals surface area contributed by atoms with Crippen LogP contribution < -0.4 is 0 Å². The van der Waals surface area contributed by atoms with E-state index in [2.05, 4.69) is 29.0 Å². The molecular weight excluding hydrogens is 358 g/mol. The molecule has 0 aromatic carbocycles. The number of piperidine rings is 1. The van der Waals surface area contributed by atoms with Crippen LogP contribution in [0.4, 0.5) is 4.79 Å². The van der Waals surface area contributed by atoms with Crippen LogP contribution >= 0.6 is 11.6 Å². The van der Waals surface area contributed by atoms with Gasteiger partial charge in [0.05, 0.1) is 6.54 Å². The van der Waals surface area contributed by atoms with Crippen LogP contribution in [0, 0.1) is 0 Å². The predicted octanol–water partition coefficient (Wildman–Crippen LogP) is 2.39. The summed E-state index contributed by atoms with van der Waals surface area (Å²) in [5.41, 5.74) is -0.436. The van der Waals surface area contributed by atoms with Crippen molar-refractivity contribution in [3.63, 3.8) is 0 Å². The molecule has 3 heterocycles. The zero-order chi connectivity index (χ0) is 18.7. The van der Waals surface area contributed by atoms with Gasteiger partial charge in [0.2, 0.25) is 11.2 Å². The van der Waals surface area contributed by atoms with E-state index in [1.807, 2.05) is 9.80 Å². The molecule has 3 rings (SSSR count). The van der Waals surface area contributed by atoms with Crippen LogP contribution in [0.5, 0.6) is 0 Å². The normalized spacial score (nSPS) is 20.5. The van der Waals surface area contributed by atoms with Crippen LogP contribution in [0.2, 0.25) is 5.28 Å². The molecule has 0 aliphatic carbocycles. The van der Waals surface area contributed by atoms with Crippen molar-refractivity contribution in [1.82, 2.24) is 25.0 Å². The Morgan fingerprint density at radius 1 is 1.42 bits per heavy atom. The van der Waals surface area contributed by atoms with Crippen molar-refractivity contribution in [2.75, 3.05) is 19.6 Å². The SMILES string of the molecule is CCC[C@@H](C)N1CC2(CCN(C(=O)CCc3nc(Cl)n[nH]3)CC2)OC1=O. The fourth-order valence-corrected chi connectivity index (χ4v) is 3.90. The standard InChI is InChI=1S/C17H26ClN5O3/c1-3-4-12(2)23-11-17(26-16(23)25)7-9-22(10-8-17)14(24)6-5-13-19-15(18)21-20-13/h12H,3-11H2,1-2H3,(H,19,20,21)/t12-/m1/s1. The van der Waals surface area contributed by atoms with Crippen molar-refractivity contribution in [3.8, 4) is 0 Å². The quantitative estimate of drug-likeness (QED) is 0.814. The number of aromatic amines is 1. The minimum atomic E-state index is -0.436. The molecule has 0 saturated carbocycles. The van der Waals surface area contributed by atoms with Crippen LogP contribution in [-0.2, 0) is 16.0 Å². The predicted molar refractivity (Wildman–Crippen MR) is 95.8 cm³/mol. The average molecular weight is 384 g/mol. The largest absolute Gasteiger partial charge is 0.441 e. The Morgan fingerprint density at radius 3 is 2.77 bits per heavy atom. The van der Waals surface area contributed by atoms with Gasteiger partial charge in [0, 0.05) is 44.8 Å². The topological polar surface area (TPSA) is 91.4 Å². The molecule has 1 aromatic heterocycles. The summed E-state index contributed by atoms with van der Waals surface area (Å²) in [5, 5.41) is 6.62.